The molecule has 0 bridgehead atoms. The van der Waals surface area contributed by atoms with E-state index in [-0.39, 0.29) is 11.8 Å². The van der Waals surface area contributed by atoms with E-state index in [9.17, 15) is 9.59 Å². The second kappa shape index (κ2) is 6.62. The van der Waals surface area contributed by atoms with E-state index in [0.29, 0.717) is 31.8 Å². The third-order valence-corrected chi connectivity index (χ3v) is 2.90. The largest absolute Gasteiger partial charge is 0.273 e. The van der Waals surface area contributed by atoms with Gasteiger partial charge in [0.15, 0.2) is 0 Å². The van der Waals surface area contributed by atoms with Crippen LogP contribution in [0.2, 0.25) is 0 Å². The Hall–Kier alpha value is -1.06. The van der Waals surface area contributed by atoms with Crippen molar-refractivity contribution in [2.24, 2.45) is 5.92 Å². The molecule has 0 aromatic heterocycles. The summed E-state index contributed by atoms with van der Waals surface area (Å²) in [6.45, 7) is 7.44. The number of hydrogen-bond acceptors (Lipinski definition) is 2. The van der Waals surface area contributed by atoms with Gasteiger partial charge in [-0.05, 0) is 25.2 Å². The van der Waals surface area contributed by atoms with Gasteiger partial charge in [0.05, 0.1) is 0 Å². The van der Waals surface area contributed by atoms with Crippen LogP contribution in [0.4, 0.5) is 0 Å². The van der Waals surface area contributed by atoms with Crippen LogP contribution in [0.1, 0.15) is 52.9 Å². The summed E-state index contributed by atoms with van der Waals surface area (Å²) >= 11 is 0. The summed E-state index contributed by atoms with van der Waals surface area (Å²) in [5.74, 6) is 0.515. The molecule has 17 heavy (non-hydrogen) atoms. The SMILES string of the molecule is CCCC(=O)N1CCCCN1C(=O)CC(C)C. The van der Waals surface area contributed by atoms with Crippen LogP contribution in [0.5, 0.6) is 0 Å². The van der Waals surface area contributed by atoms with E-state index in [1.807, 2.05) is 20.8 Å². The molecule has 4 nitrogen and oxygen atoms in total. The Balaban J connectivity index is 2.65. The van der Waals surface area contributed by atoms with Gasteiger partial charge < -0.3 is 0 Å². The highest BCUT2D eigenvalue weighted by Crippen LogP contribution is 2.16. The van der Waals surface area contributed by atoms with Crippen LogP contribution >= 0.6 is 0 Å². The van der Waals surface area contributed by atoms with Crippen LogP contribution in [-0.4, -0.2) is 34.9 Å². The third kappa shape index (κ3) is 4.02. The van der Waals surface area contributed by atoms with Gasteiger partial charge in [0.1, 0.15) is 0 Å². The predicted octanol–water partition coefficient (Wildman–Crippen LogP) is 2.20. The Morgan fingerprint density at radius 2 is 1.59 bits per heavy atom. The molecular formula is C13H24N2O2. The molecule has 1 aliphatic heterocycles. The lowest BCUT2D eigenvalue weighted by Crippen LogP contribution is -2.53. The van der Waals surface area contributed by atoms with E-state index in [2.05, 4.69) is 0 Å². The first-order valence-corrected chi connectivity index (χ1v) is 6.67. The second-order valence-electron chi connectivity index (χ2n) is 5.09. The van der Waals surface area contributed by atoms with Crippen LogP contribution in [0.25, 0.3) is 0 Å². The van der Waals surface area contributed by atoms with E-state index in [0.717, 1.165) is 19.3 Å². The zero-order valence-electron chi connectivity index (χ0n) is 11.2. The maximum atomic E-state index is 12.1. The predicted molar refractivity (Wildman–Crippen MR) is 67.0 cm³/mol. The standard InChI is InChI=1S/C13H24N2O2/c1-4-7-12(16)14-8-5-6-9-15(14)13(17)10-11(2)3/h11H,4-10H2,1-3H3. The van der Waals surface area contributed by atoms with Crippen molar-refractivity contribution in [1.82, 2.24) is 10.0 Å². The maximum Gasteiger partial charge on any atom is 0.241 e. The number of carbonyl (C=O) groups is 2. The summed E-state index contributed by atoms with van der Waals surface area (Å²) in [6, 6.07) is 0. The van der Waals surface area contributed by atoms with Crippen molar-refractivity contribution in [2.45, 2.75) is 52.9 Å². The summed E-state index contributed by atoms with van der Waals surface area (Å²) < 4.78 is 0. The normalized spacial score (nSPS) is 16.5. The Bertz CT molecular complexity index is 277. The molecule has 1 aliphatic rings. The Labute approximate surface area is 104 Å². The molecule has 0 saturated carbocycles. The lowest BCUT2D eigenvalue weighted by atomic mass is 10.1. The molecule has 0 aliphatic carbocycles. The van der Waals surface area contributed by atoms with E-state index in [1.54, 1.807) is 10.0 Å². The fraction of sp³-hybridized carbons (Fsp3) is 0.846. The number of carbonyl (C=O) groups excluding carboxylic acids is 2. The van der Waals surface area contributed by atoms with Crippen LogP contribution < -0.4 is 0 Å². The van der Waals surface area contributed by atoms with Crippen molar-refractivity contribution in [3.05, 3.63) is 0 Å². The number of hydrazine groups is 1. The van der Waals surface area contributed by atoms with Crippen LogP contribution in [0.3, 0.4) is 0 Å². The monoisotopic (exact) mass is 240 g/mol. The fourth-order valence-electron chi connectivity index (χ4n) is 2.08. The molecule has 1 rings (SSSR count). The van der Waals surface area contributed by atoms with E-state index in [1.165, 1.54) is 0 Å². The molecule has 2 amide bonds. The van der Waals surface area contributed by atoms with Crippen LogP contribution in [-0.2, 0) is 9.59 Å². The summed E-state index contributed by atoms with van der Waals surface area (Å²) in [6.07, 6.45) is 3.89. The fourth-order valence-corrected chi connectivity index (χ4v) is 2.08. The number of amides is 2. The van der Waals surface area contributed by atoms with Gasteiger partial charge in [-0.25, -0.2) is 0 Å². The van der Waals surface area contributed by atoms with Crippen LogP contribution in [0.15, 0.2) is 0 Å². The topological polar surface area (TPSA) is 40.6 Å². The lowest BCUT2D eigenvalue weighted by molar-refractivity contribution is -0.168. The van der Waals surface area contributed by atoms with Crippen molar-refractivity contribution in [1.29, 1.82) is 0 Å². The highest BCUT2D eigenvalue weighted by atomic mass is 16.2. The third-order valence-electron chi connectivity index (χ3n) is 2.90. The minimum Gasteiger partial charge on any atom is -0.273 e. The minimum absolute atomic E-state index is 0.0872. The number of rotatable bonds is 4. The molecule has 0 aromatic rings. The van der Waals surface area contributed by atoms with Gasteiger partial charge in [-0.2, -0.15) is 0 Å². The molecule has 0 atom stereocenters. The molecule has 0 unspecified atom stereocenters. The van der Waals surface area contributed by atoms with Crippen molar-refractivity contribution in [2.75, 3.05) is 13.1 Å². The number of hydrogen-bond donors (Lipinski definition) is 0. The Morgan fingerprint density at radius 3 is 2.06 bits per heavy atom. The van der Waals surface area contributed by atoms with Gasteiger partial charge in [-0.15, -0.1) is 0 Å². The highest BCUT2D eigenvalue weighted by molar-refractivity contribution is 5.82. The van der Waals surface area contributed by atoms with Gasteiger partial charge in [-0.1, -0.05) is 20.8 Å². The first kappa shape index (κ1) is 14.0. The molecule has 4 heteroatoms. The van der Waals surface area contributed by atoms with Crippen molar-refractivity contribution in [3.8, 4) is 0 Å². The lowest BCUT2D eigenvalue weighted by Gasteiger charge is -2.39. The van der Waals surface area contributed by atoms with Crippen molar-refractivity contribution >= 4 is 11.8 Å². The molecule has 98 valence electrons. The van der Waals surface area contributed by atoms with E-state index >= 15 is 0 Å². The average molecular weight is 240 g/mol. The molecule has 1 saturated heterocycles. The van der Waals surface area contributed by atoms with Crippen molar-refractivity contribution < 1.29 is 9.59 Å². The highest BCUT2D eigenvalue weighted by Gasteiger charge is 2.27. The van der Waals surface area contributed by atoms with Crippen molar-refractivity contribution in [3.63, 3.8) is 0 Å². The van der Waals surface area contributed by atoms with Gasteiger partial charge in [0, 0.05) is 25.9 Å². The summed E-state index contributed by atoms with van der Waals surface area (Å²) in [4.78, 5) is 24.0. The maximum absolute atomic E-state index is 12.1. The molecule has 0 radical (unpaired) electrons. The van der Waals surface area contributed by atoms with Gasteiger partial charge in [0.25, 0.3) is 0 Å². The quantitative estimate of drug-likeness (QED) is 0.756. The zero-order valence-corrected chi connectivity index (χ0v) is 11.2. The summed E-state index contributed by atoms with van der Waals surface area (Å²) in [5.41, 5.74) is 0. The zero-order chi connectivity index (χ0) is 12.8. The number of nitrogens with zero attached hydrogens (tertiary/aromatic N) is 2. The molecule has 0 spiro atoms. The first-order valence-electron chi connectivity index (χ1n) is 6.67. The van der Waals surface area contributed by atoms with Gasteiger partial charge >= 0.3 is 0 Å². The first-order chi connectivity index (χ1) is 8.06. The van der Waals surface area contributed by atoms with Gasteiger partial charge in [-0.3, -0.25) is 19.6 Å². The summed E-state index contributed by atoms with van der Waals surface area (Å²) in [5, 5.41) is 3.33. The van der Waals surface area contributed by atoms with E-state index < -0.39 is 0 Å². The minimum atomic E-state index is 0.0872. The van der Waals surface area contributed by atoms with E-state index in [4.69, 9.17) is 0 Å². The molecule has 0 N–H and O–H groups in total. The summed E-state index contributed by atoms with van der Waals surface area (Å²) in [7, 11) is 0. The molecule has 1 fully saturated rings. The van der Waals surface area contributed by atoms with Gasteiger partial charge in [0.2, 0.25) is 11.8 Å². The average Bonchev–Trinajstić information content (AvgIpc) is 2.28. The second-order valence-corrected chi connectivity index (χ2v) is 5.09. The molecule has 1 heterocycles. The molecular weight excluding hydrogens is 216 g/mol. The molecule has 0 aromatic carbocycles. The smallest absolute Gasteiger partial charge is 0.241 e. The Morgan fingerprint density at radius 1 is 1.06 bits per heavy atom. The van der Waals surface area contributed by atoms with Crippen LogP contribution in [0, 0.1) is 5.92 Å². The Kier molecular flexibility index (Phi) is 5.45.